The van der Waals surface area contributed by atoms with Gasteiger partial charge in [0, 0.05) is 11.2 Å². The van der Waals surface area contributed by atoms with Gasteiger partial charge in [-0.3, -0.25) is 4.21 Å². The lowest BCUT2D eigenvalue weighted by molar-refractivity contribution is 0.143. The van der Waals surface area contributed by atoms with Crippen molar-refractivity contribution in [3.8, 4) is 0 Å². The lowest BCUT2D eigenvalue weighted by atomic mass is 9.77. The van der Waals surface area contributed by atoms with Gasteiger partial charge in [0.2, 0.25) is 0 Å². The van der Waals surface area contributed by atoms with Gasteiger partial charge in [0.25, 0.3) is 0 Å². The molecule has 1 aliphatic carbocycles. The summed E-state index contributed by atoms with van der Waals surface area (Å²) in [5, 5.41) is 13.1. The van der Waals surface area contributed by atoms with Gasteiger partial charge in [0.05, 0.1) is 28.6 Å². The standard InChI is InChI=1S/C16H25N3O2S/c1-15(2,3)14-17-11-6-4-9-22(21)12(11)13(18-14)19-16(10-20)7-5-8-16/h20H,4-10H2,1-3H3,(H,17,18,19). The molecule has 1 aromatic heterocycles. The van der Waals surface area contributed by atoms with Crippen molar-refractivity contribution in [3.63, 3.8) is 0 Å². The minimum atomic E-state index is -1.05. The Balaban J connectivity index is 2.07. The van der Waals surface area contributed by atoms with Crippen LogP contribution in [0.3, 0.4) is 0 Å². The van der Waals surface area contributed by atoms with Crippen LogP contribution in [0.1, 0.15) is 58.0 Å². The van der Waals surface area contributed by atoms with Crippen LogP contribution in [0.5, 0.6) is 0 Å². The second-order valence-corrected chi connectivity index (χ2v) is 9.00. The zero-order valence-corrected chi connectivity index (χ0v) is 14.4. The number of hydrogen-bond acceptors (Lipinski definition) is 5. The van der Waals surface area contributed by atoms with E-state index in [0.29, 0.717) is 11.6 Å². The molecule has 2 aliphatic rings. The van der Waals surface area contributed by atoms with E-state index in [0.717, 1.165) is 48.5 Å². The quantitative estimate of drug-likeness (QED) is 0.891. The molecule has 1 saturated carbocycles. The van der Waals surface area contributed by atoms with Crippen molar-refractivity contribution in [3.05, 3.63) is 11.5 Å². The van der Waals surface area contributed by atoms with Crippen molar-refractivity contribution < 1.29 is 9.32 Å². The summed E-state index contributed by atoms with van der Waals surface area (Å²) in [6.45, 7) is 6.35. The highest BCUT2D eigenvalue weighted by Gasteiger charge is 2.38. The van der Waals surface area contributed by atoms with Crippen molar-refractivity contribution >= 4 is 16.6 Å². The highest BCUT2D eigenvalue weighted by molar-refractivity contribution is 7.85. The summed E-state index contributed by atoms with van der Waals surface area (Å²) in [7, 11) is -1.05. The van der Waals surface area contributed by atoms with Crippen LogP contribution in [0.25, 0.3) is 0 Å². The molecule has 1 fully saturated rings. The van der Waals surface area contributed by atoms with Gasteiger partial charge >= 0.3 is 0 Å². The molecule has 0 bridgehead atoms. The zero-order chi connectivity index (χ0) is 16.0. The maximum atomic E-state index is 12.5. The Morgan fingerprint density at radius 1 is 1.27 bits per heavy atom. The largest absolute Gasteiger partial charge is 0.394 e. The second kappa shape index (κ2) is 5.57. The number of nitrogens with zero attached hydrogens (tertiary/aromatic N) is 2. The Bertz CT molecular complexity index is 601. The molecule has 1 unspecified atom stereocenters. The number of nitrogens with one attached hydrogen (secondary N) is 1. The van der Waals surface area contributed by atoms with Crippen LogP contribution >= 0.6 is 0 Å². The summed E-state index contributed by atoms with van der Waals surface area (Å²) in [6.07, 6.45) is 4.73. The van der Waals surface area contributed by atoms with Gasteiger partial charge in [-0.25, -0.2) is 9.97 Å². The van der Waals surface area contributed by atoms with Gasteiger partial charge < -0.3 is 10.4 Å². The van der Waals surface area contributed by atoms with Crippen LogP contribution in [0.15, 0.2) is 4.90 Å². The third-order valence-electron chi connectivity index (χ3n) is 4.57. The molecule has 0 aromatic carbocycles. The van der Waals surface area contributed by atoms with E-state index >= 15 is 0 Å². The normalized spacial score (nSPS) is 23.5. The SMILES string of the molecule is CC(C)(C)c1nc2c(c(NC3(CO)CCC3)n1)S(=O)CCC2. The van der Waals surface area contributed by atoms with Gasteiger partial charge in [-0.05, 0) is 32.1 Å². The van der Waals surface area contributed by atoms with Crippen molar-refractivity contribution in [2.45, 2.75) is 68.7 Å². The summed E-state index contributed by atoms with van der Waals surface area (Å²) in [5.41, 5.74) is 0.467. The fourth-order valence-electron chi connectivity index (χ4n) is 2.98. The van der Waals surface area contributed by atoms with Crippen molar-refractivity contribution in [2.75, 3.05) is 17.7 Å². The Labute approximate surface area is 134 Å². The molecule has 1 aliphatic heterocycles. The van der Waals surface area contributed by atoms with Crippen LogP contribution < -0.4 is 5.32 Å². The van der Waals surface area contributed by atoms with Crippen molar-refractivity contribution in [1.29, 1.82) is 0 Å². The number of anilines is 1. The average molecular weight is 323 g/mol. The Morgan fingerprint density at radius 2 is 2.00 bits per heavy atom. The minimum absolute atomic E-state index is 0.0866. The number of fused-ring (bicyclic) bond motifs is 1. The van der Waals surface area contributed by atoms with Gasteiger partial charge in [-0.2, -0.15) is 0 Å². The Kier molecular flexibility index (Phi) is 4.01. The van der Waals surface area contributed by atoms with E-state index in [1.54, 1.807) is 0 Å². The molecule has 0 saturated heterocycles. The van der Waals surface area contributed by atoms with Gasteiger partial charge in [0.1, 0.15) is 16.5 Å². The van der Waals surface area contributed by atoms with E-state index in [-0.39, 0.29) is 17.6 Å². The Morgan fingerprint density at radius 3 is 2.55 bits per heavy atom. The summed E-state index contributed by atoms with van der Waals surface area (Å²) in [6, 6.07) is 0. The molecule has 0 spiro atoms. The van der Waals surface area contributed by atoms with Crippen LogP contribution in [0, 0.1) is 0 Å². The van der Waals surface area contributed by atoms with E-state index in [4.69, 9.17) is 4.98 Å². The lowest BCUT2D eigenvalue weighted by Crippen LogP contribution is -2.49. The van der Waals surface area contributed by atoms with Gasteiger partial charge in [-0.15, -0.1) is 0 Å². The topological polar surface area (TPSA) is 75.1 Å². The lowest BCUT2D eigenvalue weighted by Gasteiger charge is -2.42. The van der Waals surface area contributed by atoms with E-state index in [1.165, 1.54) is 0 Å². The molecule has 6 heteroatoms. The third kappa shape index (κ3) is 2.78. The zero-order valence-electron chi connectivity index (χ0n) is 13.6. The molecular formula is C16H25N3O2S. The van der Waals surface area contributed by atoms with E-state index < -0.39 is 10.8 Å². The second-order valence-electron chi connectivity index (χ2n) is 7.49. The first kappa shape index (κ1) is 15.9. The summed E-state index contributed by atoms with van der Waals surface area (Å²) in [5.74, 6) is 2.13. The number of aromatic nitrogens is 2. The number of aliphatic hydroxyl groups excluding tert-OH is 1. The molecular weight excluding hydrogens is 298 g/mol. The molecule has 0 amide bonds. The first-order valence-corrected chi connectivity index (χ1v) is 9.35. The molecule has 5 nitrogen and oxygen atoms in total. The number of aliphatic hydroxyl groups is 1. The van der Waals surface area contributed by atoms with E-state index in [2.05, 4.69) is 31.1 Å². The maximum Gasteiger partial charge on any atom is 0.146 e. The van der Waals surface area contributed by atoms with Crippen LogP contribution in [0.4, 0.5) is 5.82 Å². The van der Waals surface area contributed by atoms with E-state index in [9.17, 15) is 9.32 Å². The van der Waals surface area contributed by atoms with Crippen molar-refractivity contribution in [1.82, 2.24) is 9.97 Å². The van der Waals surface area contributed by atoms with Gasteiger partial charge in [0.15, 0.2) is 0 Å². The highest BCUT2D eigenvalue weighted by Crippen LogP contribution is 2.38. The van der Waals surface area contributed by atoms with Crippen LogP contribution in [-0.2, 0) is 22.6 Å². The first-order valence-electron chi connectivity index (χ1n) is 8.03. The molecule has 1 atom stereocenters. The molecule has 1 aromatic rings. The summed E-state index contributed by atoms with van der Waals surface area (Å²) < 4.78 is 12.5. The number of rotatable bonds is 3. The fraction of sp³-hybridized carbons (Fsp3) is 0.750. The molecule has 3 rings (SSSR count). The molecule has 122 valence electrons. The average Bonchev–Trinajstić information content (AvgIpc) is 2.41. The fourth-order valence-corrected chi connectivity index (χ4v) is 4.31. The number of aryl methyl sites for hydroxylation is 1. The van der Waals surface area contributed by atoms with Crippen LogP contribution in [0.2, 0.25) is 0 Å². The predicted molar refractivity (Wildman–Crippen MR) is 87.6 cm³/mol. The van der Waals surface area contributed by atoms with E-state index in [1.807, 2.05) is 0 Å². The molecule has 22 heavy (non-hydrogen) atoms. The van der Waals surface area contributed by atoms with Gasteiger partial charge in [-0.1, -0.05) is 20.8 Å². The molecule has 2 heterocycles. The van der Waals surface area contributed by atoms with Crippen molar-refractivity contribution in [2.24, 2.45) is 0 Å². The molecule has 2 N–H and O–H groups in total. The smallest absolute Gasteiger partial charge is 0.146 e. The highest BCUT2D eigenvalue weighted by atomic mass is 32.2. The Hall–Kier alpha value is -1.01. The first-order chi connectivity index (χ1) is 10.3. The third-order valence-corrected chi connectivity index (χ3v) is 6.12. The summed E-state index contributed by atoms with van der Waals surface area (Å²) >= 11 is 0. The minimum Gasteiger partial charge on any atom is -0.394 e. The summed E-state index contributed by atoms with van der Waals surface area (Å²) in [4.78, 5) is 10.1. The monoisotopic (exact) mass is 323 g/mol. The maximum absolute atomic E-state index is 12.5. The predicted octanol–water partition coefficient (Wildman–Crippen LogP) is 2.15. The van der Waals surface area contributed by atoms with Crippen LogP contribution in [-0.4, -0.2) is 37.2 Å². The number of hydrogen-bond donors (Lipinski definition) is 2. The molecule has 0 radical (unpaired) electrons.